The van der Waals surface area contributed by atoms with E-state index in [1.165, 1.54) is 57.8 Å². The summed E-state index contributed by atoms with van der Waals surface area (Å²) in [6.07, 6.45) is 21.1. The number of carbonyl (C=O) groups excluding carboxylic acids is 2. The third-order valence-corrected chi connectivity index (χ3v) is 14.7. The van der Waals surface area contributed by atoms with Crippen molar-refractivity contribution in [3.05, 3.63) is 47.0 Å². The van der Waals surface area contributed by atoms with Crippen LogP contribution < -0.4 is 22.1 Å². The van der Waals surface area contributed by atoms with Crippen LogP contribution in [0.3, 0.4) is 0 Å². The zero-order valence-corrected chi connectivity index (χ0v) is 36.4. The van der Waals surface area contributed by atoms with Crippen LogP contribution in [0.15, 0.2) is 45.9 Å². The number of ether oxygens (including phenoxy) is 1. The number of guanidine groups is 1. The minimum Gasteiger partial charge on any atom is -0.458 e. The van der Waals surface area contributed by atoms with Crippen LogP contribution in [0.25, 0.3) is 0 Å². The Balaban J connectivity index is 1.07. The molecule has 318 valence electrons. The van der Waals surface area contributed by atoms with Gasteiger partial charge in [-0.15, -0.1) is 0 Å². The molecule has 3 saturated carbocycles. The summed E-state index contributed by atoms with van der Waals surface area (Å²) in [6, 6.07) is 7.34. The van der Waals surface area contributed by atoms with Crippen molar-refractivity contribution in [2.24, 2.45) is 67.8 Å². The topological polar surface area (TPSA) is 147 Å². The van der Waals surface area contributed by atoms with Crippen molar-refractivity contribution in [2.45, 2.75) is 131 Å². The lowest BCUT2D eigenvalue weighted by molar-refractivity contribution is -0.0594. The highest BCUT2D eigenvalue weighted by Crippen LogP contribution is 2.67. The van der Waals surface area contributed by atoms with E-state index in [0.717, 1.165) is 73.3 Å². The summed E-state index contributed by atoms with van der Waals surface area (Å²) in [5, 5.41) is 6.09. The van der Waals surface area contributed by atoms with Gasteiger partial charge in [0, 0.05) is 38.8 Å². The summed E-state index contributed by atoms with van der Waals surface area (Å²) in [7, 11) is 1.90. The number of fused-ring (bicyclic) bond motifs is 5. The minimum atomic E-state index is -0.245. The number of carbonyl (C=O) groups is 2. The molecule has 0 aliphatic heterocycles. The van der Waals surface area contributed by atoms with E-state index in [1.54, 1.807) is 16.7 Å². The number of amides is 2. The van der Waals surface area contributed by atoms with E-state index in [4.69, 9.17) is 16.2 Å². The Morgan fingerprint density at radius 3 is 2.42 bits per heavy atom. The smallest absolute Gasteiger partial charge is 0.338 e. The molecular weight excluding hydrogens is 711 g/mol. The zero-order chi connectivity index (χ0) is 41.0. The zero-order valence-electron chi connectivity index (χ0n) is 36.4. The molecular formula is C47H77N7O3. The molecule has 5 rings (SSSR count). The van der Waals surface area contributed by atoms with Gasteiger partial charge in [-0.25, -0.2) is 9.59 Å². The van der Waals surface area contributed by atoms with E-state index >= 15 is 0 Å². The summed E-state index contributed by atoms with van der Waals surface area (Å²) in [5.41, 5.74) is 14.6. The molecule has 0 heterocycles. The van der Waals surface area contributed by atoms with Crippen LogP contribution in [-0.2, 0) is 4.74 Å². The number of hydrogen-bond donors (Lipinski definition) is 4. The monoisotopic (exact) mass is 788 g/mol. The van der Waals surface area contributed by atoms with Crippen molar-refractivity contribution in [1.82, 2.24) is 15.5 Å². The number of aliphatic imine (C=N–C) groups is 2. The van der Waals surface area contributed by atoms with Crippen LogP contribution in [0.5, 0.6) is 0 Å². The van der Waals surface area contributed by atoms with Gasteiger partial charge in [-0.05, 0) is 135 Å². The molecule has 8 atom stereocenters. The maximum atomic E-state index is 13.3. The van der Waals surface area contributed by atoms with Crippen molar-refractivity contribution < 1.29 is 14.3 Å². The third-order valence-electron chi connectivity index (χ3n) is 14.7. The molecule has 4 aliphatic carbocycles. The second-order valence-electron chi connectivity index (χ2n) is 18.9. The number of urea groups is 1. The van der Waals surface area contributed by atoms with Crippen LogP contribution in [0.1, 0.15) is 140 Å². The number of nitrogens with zero attached hydrogens (tertiary/aromatic N) is 3. The summed E-state index contributed by atoms with van der Waals surface area (Å²) >= 11 is 0. The van der Waals surface area contributed by atoms with E-state index in [-0.39, 0.29) is 29.5 Å². The first-order valence-electron chi connectivity index (χ1n) is 22.6. The molecule has 0 saturated heterocycles. The first kappa shape index (κ1) is 44.7. The Morgan fingerprint density at radius 2 is 1.68 bits per heavy atom. The number of allylic oxidation sites excluding steroid dienone is 1. The van der Waals surface area contributed by atoms with Gasteiger partial charge in [0.25, 0.3) is 0 Å². The van der Waals surface area contributed by atoms with E-state index < -0.39 is 0 Å². The number of unbranched alkanes of at least 4 members (excludes halogenated alkanes) is 1. The predicted octanol–water partition coefficient (Wildman–Crippen LogP) is 8.35. The quantitative estimate of drug-likeness (QED) is 0.0344. The number of nitrogens with two attached hydrogens (primary N) is 2. The maximum Gasteiger partial charge on any atom is 0.338 e. The highest BCUT2D eigenvalue weighted by atomic mass is 16.5. The second-order valence-corrected chi connectivity index (χ2v) is 18.9. The lowest BCUT2D eigenvalue weighted by Crippen LogP contribution is -2.51. The van der Waals surface area contributed by atoms with Gasteiger partial charge in [-0.3, -0.25) is 9.98 Å². The molecule has 8 unspecified atom stereocenters. The predicted molar refractivity (Wildman–Crippen MR) is 235 cm³/mol. The number of benzene rings is 1. The lowest BCUT2D eigenvalue weighted by Gasteiger charge is -2.58. The molecule has 2 amide bonds. The van der Waals surface area contributed by atoms with Gasteiger partial charge >= 0.3 is 12.0 Å². The molecule has 3 fully saturated rings. The fourth-order valence-electron chi connectivity index (χ4n) is 11.6. The van der Waals surface area contributed by atoms with Crippen molar-refractivity contribution in [3.63, 3.8) is 0 Å². The Kier molecular flexibility index (Phi) is 16.5. The molecule has 4 aliphatic rings. The molecule has 10 heteroatoms. The van der Waals surface area contributed by atoms with Crippen LogP contribution in [0, 0.1) is 46.3 Å². The molecule has 6 N–H and O–H groups in total. The molecule has 0 aromatic heterocycles. The van der Waals surface area contributed by atoms with Gasteiger partial charge in [-0.2, -0.15) is 0 Å². The standard InChI is InChI=1S/C47H77N7O3/c1-33(2)11-7-8-12-34(3)40-19-20-41-39-18-17-37-31-38(21-23-46(37,4)42(39)22-24-47(40,41)5)57-43(55)36-15-13-35(14-16-36)32-51-27-28-53-45(56)54(29-9-25-50-6)30-10-26-52-44(48)49/h13-17,32-34,38-42,50H,7-12,18-31H2,1-6H3,(H,53,56)(H4,48,49,52). The first-order valence-corrected chi connectivity index (χ1v) is 22.6. The summed E-state index contributed by atoms with van der Waals surface area (Å²) in [6.45, 7) is 15.9. The van der Waals surface area contributed by atoms with Gasteiger partial charge in [0.05, 0.1) is 12.1 Å². The number of rotatable bonds is 20. The average Bonchev–Trinajstić information content (AvgIpc) is 3.54. The van der Waals surface area contributed by atoms with Crippen molar-refractivity contribution in [2.75, 3.05) is 46.3 Å². The SMILES string of the molecule is CNCCCN(CCCN=C(N)N)C(=O)NCCN=Cc1ccc(C(=O)OC2CCC3(C)C(=CCC4C3CCC3(C)C(C(C)CCCCC(C)C)CCC43)C2)cc1. The maximum absolute atomic E-state index is 13.3. The van der Waals surface area contributed by atoms with Gasteiger partial charge in [0.15, 0.2) is 5.96 Å². The Labute approximate surface area is 344 Å². The lowest BCUT2D eigenvalue weighted by atomic mass is 9.47. The van der Waals surface area contributed by atoms with E-state index in [1.807, 2.05) is 31.3 Å². The van der Waals surface area contributed by atoms with Crippen molar-refractivity contribution in [3.8, 4) is 0 Å². The van der Waals surface area contributed by atoms with Gasteiger partial charge in [-0.1, -0.05) is 84.1 Å². The molecule has 0 spiro atoms. The van der Waals surface area contributed by atoms with Gasteiger partial charge < -0.3 is 31.7 Å². The summed E-state index contributed by atoms with van der Waals surface area (Å²) in [5.74, 6) is 4.77. The highest BCUT2D eigenvalue weighted by molar-refractivity contribution is 5.91. The fourth-order valence-corrected chi connectivity index (χ4v) is 11.6. The van der Waals surface area contributed by atoms with Crippen molar-refractivity contribution in [1.29, 1.82) is 0 Å². The Bertz CT molecular complexity index is 1540. The van der Waals surface area contributed by atoms with E-state index in [0.29, 0.717) is 50.1 Å². The molecule has 10 nitrogen and oxygen atoms in total. The molecule has 1 aromatic carbocycles. The normalized spacial score (nSPS) is 28.5. The van der Waals surface area contributed by atoms with Crippen molar-refractivity contribution >= 4 is 24.2 Å². The molecule has 57 heavy (non-hydrogen) atoms. The van der Waals surface area contributed by atoms with Crippen LogP contribution in [0.2, 0.25) is 0 Å². The number of hydrogen-bond acceptors (Lipinski definition) is 6. The van der Waals surface area contributed by atoms with Gasteiger partial charge in [0.2, 0.25) is 0 Å². The average molecular weight is 788 g/mol. The van der Waals surface area contributed by atoms with Gasteiger partial charge in [0.1, 0.15) is 6.10 Å². The van der Waals surface area contributed by atoms with E-state index in [2.05, 4.69) is 61.3 Å². The Hall–Kier alpha value is -3.40. The second kappa shape index (κ2) is 21.0. The molecule has 0 radical (unpaired) electrons. The first-order chi connectivity index (χ1) is 27.4. The van der Waals surface area contributed by atoms with E-state index in [9.17, 15) is 9.59 Å². The number of nitrogens with one attached hydrogen (secondary N) is 2. The molecule has 0 bridgehead atoms. The summed E-state index contributed by atoms with van der Waals surface area (Å²) < 4.78 is 6.17. The van der Waals surface area contributed by atoms with Crippen LogP contribution >= 0.6 is 0 Å². The fraction of sp³-hybridized carbons (Fsp3) is 0.745. The summed E-state index contributed by atoms with van der Waals surface area (Å²) in [4.78, 5) is 36.4. The third kappa shape index (κ3) is 11.6. The Morgan fingerprint density at radius 1 is 0.930 bits per heavy atom. The molecule has 1 aromatic rings. The highest BCUT2D eigenvalue weighted by Gasteiger charge is 2.59. The largest absolute Gasteiger partial charge is 0.458 e. The van der Waals surface area contributed by atoms with Crippen LogP contribution in [-0.4, -0.2) is 81.5 Å². The van der Waals surface area contributed by atoms with Crippen LogP contribution in [0.4, 0.5) is 4.79 Å². The minimum absolute atomic E-state index is 0.0614. The number of esters is 1.